The lowest BCUT2D eigenvalue weighted by atomic mass is 10.3. The van der Waals surface area contributed by atoms with Crippen molar-refractivity contribution in [2.24, 2.45) is 0 Å². The predicted molar refractivity (Wildman–Crippen MR) is 52.9 cm³/mol. The summed E-state index contributed by atoms with van der Waals surface area (Å²) in [6.45, 7) is 0.705. The van der Waals surface area contributed by atoms with E-state index in [0.717, 1.165) is 11.4 Å². The molecule has 0 spiro atoms. The Morgan fingerprint density at radius 3 is 2.93 bits per heavy atom. The molecule has 2 aromatic heterocycles. The lowest BCUT2D eigenvalue weighted by Crippen LogP contribution is -2.01. The highest BCUT2D eigenvalue weighted by Gasteiger charge is 1.96. The van der Waals surface area contributed by atoms with E-state index in [-0.39, 0.29) is 0 Å². The summed E-state index contributed by atoms with van der Waals surface area (Å²) in [5.41, 5.74) is 1.11. The monoisotopic (exact) mass is 189 g/mol. The molecule has 0 aliphatic rings. The SMILES string of the molecule is CNc1ccc(Cn2cncn2)cn1. The molecule has 14 heavy (non-hydrogen) atoms. The van der Waals surface area contributed by atoms with Crippen molar-refractivity contribution >= 4 is 5.82 Å². The molecule has 0 amide bonds. The Balaban J connectivity index is 2.10. The van der Waals surface area contributed by atoms with Crippen molar-refractivity contribution in [3.63, 3.8) is 0 Å². The number of pyridine rings is 1. The van der Waals surface area contributed by atoms with E-state index in [1.807, 2.05) is 25.4 Å². The van der Waals surface area contributed by atoms with Crippen LogP contribution in [0.25, 0.3) is 0 Å². The Hall–Kier alpha value is -1.91. The number of hydrogen-bond acceptors (Lipinski definition) is 4. The van der Waals surface area contributed by atoms with Gasteiger partial charge in [0.2, 0.25) is 0 Å². The van der Waals surface area contributed by atoms with E-state index in [1.54, 1.807) is 11.0 Å². The van der Waals surface area contributed by atoms with Crippen LogP contribution in [0, 0.1) is 0 Å². The summed E-state index contributed by atoms with van der Waals surface area (Å²) in [7, 11) is 1.85. The molecular formula is C9H11N5. The Morgan fingerprint density at radius 2 is 2.36 bits per heavy atom. The maximum Gasteiger partial charge on any atom is 0.137 e. The second-order valence-electron chi connectivity index (χ2n) is 2.89. The second kappa shape index (κ2) is 3.87. The molecule has 0 radical (unpaired) electrons. The van der Waals surface area contributed by atoms with Gasteiger partial charge in [-0.3, -0.25) is 0 Å². The number of aromatic nitrogens is 4. The van der Waals surface area contributed by atoms with Crippen LogP contribution in [-0.4, -0.2) is 26.8 Å². The van der Waals surface area contributed by atoms with Gasteiger partial charge in [0.15, 0.2) is 0 Å². The first-order valence-electron chi connectivity index (χ1n) is 4.33. The lowest BCUT2D eigenvalue weighted by molar-refractivity contribution is 0.683. The summed E-state index contributed by atoms with van der Waals surface area (Å²) < 4.78 is 1.76. The van der Waals surface area contributed by atoms with E-state index in [4.69, 9.17) is 0 Å². The summed E-state index contributed by atoms with van der Waals surface area (Å²) in [5, 5.41) is 6.98. The van der Waals surface area contributed by atoms with Crippen LogP contribution >= 0.6 is 0 Å². The van der Waals surface area contributed by atoms with Crippen molar-refractivity contribution in [1.29, 1.82) is 0 Å². The Labute approximate surface area is 81.8 Å². The van der Waals surface area contributed by atoms with Gasteiger partial charge in [-0.1, -0.05) is 6.07 Å². The largest absolute Gasteiger partial charge is 0.373 e. The van der Waals surface area contributed by atoms with Gasteiger partial charge in [0.25, 0.3) is 0 Å². The molecule has 0 aliphatic heterocycles. The van der Waals surface area contributed by atoms with Crippen molar-refractivity contribution in [2.45, 2.75) is 6.54 Å². The highest BCUT2D eigenvalue weighted by atomic mass is 15.3. The van der Waals surface area contributed by atoms with Crippen LogP contribution < -0.4 is 5.32 Å². The summed E-state index contributed by atoms with van der Waals surface area (Å²) in [6, 6.07) is 3.95. The molecule has 2 rings (SSSR count). The molecule has 0 atom stereocenters. The molecule has 0 aliphatic carbocycles. The minimum absolute atomic E-state index is 0.705. The minimum Gasteiger partial charge on any atom is -0.373 e. The molecule has 5 nitrogen and oxygen atoms in total. The second-order valence-corrected chi connectivity index (χ2v) is 2.89. The van der Waals surface area contributed by atoms with Crippen LogP contribution in [0.2, 0.25) is 0 Å². The predicted octanol–water partition coefficient (Wildman–Crippen LogP) is 0.763. The van der Waals surface area contributed by atoms with Crippen molar-refractivity contribution < 1.29 is 0 Å². The molecule has 5 heteroatoms. The summed E-state index contributed by atoms with van der Waals surface area (Å²) in [6.07, 6.45) is 5.04. The van der Waals surface area contributed by atoms with E-state index in [1.165, 1.54) is 6.33 Å². The zero-order valence-electron chi connectivity index (χ0n) is 7.88. The first kappa shape index (κ1) is 8.68. The van der Waals surface area contributed by atoms with Gasteiger partial charge in [-0.25, -0.2) is 14.6 Å². The number of nitrogens with one attached hydrogen (secondary N) is 1. The van der Waals surface area contributed by atoms with Crippen molar-refractivity contribution in [2.75, 3.05) is 12.4 Å². The van der Waals surface area contributed by atoms with Gasteiger partial charge >= 0.3 is 0 Å². The standard InChI is InChI=1S/C9H11N5/c1-10-9-3-2-8(4-12-9)5-14-7-11-6-13-14/h2-4,6-7H,5H2,1H3,(H,10,12). The van der Waals surface area contributed by atoms with E-state index < -0.39 is 0 Å². The fraction of sp³-hybridized carbons (Fsp3) is 0.222. The zero-order chi connectivity index (χ0) is 9.80. The maximum absolute atomic E-state index is 4.21. The fourth-order valence-corrected chi connectivity index (χ4v) is 1.17. The molecule has 0 aromatic carbocycles. The van der Waals surface area contributed by atoms with Gasteiger partial charge in [0.05, 0.1) is 6.54 Å². The Bertz CT molecular complexity index is 378. The highest BCUT2D eigenvalue weighted by molar-refractivity contribution is 5.34. The summed E-state index contributed by atoms with van der Waals surface area (Å²) in [5.74, 6) is 0.868. The zero-order valence-corrected chi connectivity index (χ0v) is 7.88. The molecule has 0 unspecified atom stereocenters. The lowest BCUT2D eigenvalue weighted by Gasteiger charge is -2.02. The van der Waals surface area contributed by atoms with Gasteiger partial charge in [0.1, 0.15) is 18.5 Å². The molecule has 2 heterocycles. The van der Waals surface area contributed by atoms with E-state index >= 15 is 0 Å². The van der Waals surface area contributed by atoms with E-state index in [2.05, 4.69) is 20.4 Å². The van der Waals surface area contributed by atoms with Crippen molar-refractivity contribution in [1.82, 2.24) is 19.7 Å². The number of nitrogens with zero attached hydrogens (tertiary/aromatic N) is 4. The smallest absolute Gasteiger partial charge is 0.137 e. The van der Waals surface area contributed by atoms with Crippen LogP contribution in [0.15, 0.2) is 31.0 Å². The average Bonchev–Trinajstić information content (AvgIpc) is 2.72. The van der Waals surface area contributed by atoms with Crippen molar-refractivity contribution in [3.8, 4) is 0 Å². The first-order chi connectivity index (χ1) is 6.88. The third kappa shape index (κ3) is 1.87. The number of hydrogen-bond donors (Lipinski definition) is 1. The Morgan fingerprint density at radius 1 is 1.43 bits per heavy atom. The summed E-state index contributed by atoms with van der Waals surface area (Å²) >= 11 is 0. The highest BCUT2D eigenvalue weighted by Crippen LogP contribution is 2.04. The summed E-state index contributed by atoms with van der Waals surface area (Å²) in [4.78, 5) is 8.08. The third-order valence-electron chi connectivity index (χ3n) is 1.89. The first-order valence-corrected chi connectivity index (χ1v) is 4.33. The van der Waals surface area contributed by atoms with Gasteiger partial charge in [-0.05, 0) is 11.6 Å². The van der Waals surface area contributed by atoms with Gasteiger partial charge < -0.3 is 5.32 Å². The van der Waals surface area contributed by atoms with Gasteiger partial charge in [-0.2, -0.15) is 5.10 Å². The maximum atomic E-state index is 4.21. The fourth-order valence-electron chi connectivity index (χ4n) is 1.17. The van der Waals surface area contributed by atoms with Crippen LogP contribution in [0.5, 0.6) is 0 Å². The van der Waals surface area contributed by atoms with Crippen LogP contribution in [0.1, 0.15) is 5.56 Å². The van der Waals surface area contributed by atoms with E-state index in [0.29, 0.717) is 6.54 Å². The molecule has 0 fully saturated rings. The van der Waals surface area contributed by atoms with Gasteiger partial charge in [0, 0.05) is 13.2 Å². The molecule has 72 valence electrons. The molecule has 1 N–H and O–H groups in total. The molecule has 0 saturated carbocycles. The normalized spacial score (nSPS) is 10.1. The molecular weight excluding hydrogens is 178 g/mol. The van der Waals surface area contributed by atoms with Crippen LogP contribution in [0.3, 0.4) is 0 Å². The quantitative estimate of drug-likeness (QED) is 0.774. The molecule has 2 aromatic rings. The van der Waals surface area contributed by atoms with Gasteiger partial charge in [-0.15, -0.1) is 0 Å². The minimum atomic E-state index is 0.705. The Kier molecular flexibility index (Phi) is 2.40. The third-order valence-corrected chi connectivity index (χ3v) is 1.89. The average molecular weight is 189 g/mol. The van der Waals surface area contributed by atoms with E-state index in [9.17, 15) is 0 Å². The molecule has 0 saturated heterocycles. The van der Waals surface area contributed by atoms with Crippen molar-refractivity contribution in [3.05, 3.63) is 36.5 Å². The van der Waals surface area contributed by atoms with Crippen LogP contribution in [-0.2, 0) is 6.54 Å². The number of rotatable bonds is 3. The number of anilines is 1. The topological polar surface area (TPSA) is 55.6 Å². The van der Waals surface area contributed by atoms with Crippen LogP contribution in [0.4, 0.5) is 5.82 Å². The molecule has 0 bridgehead atoms.